The minimum absolute atomic E-state index is 0.0756. The second kappa shape index (κ2) is 8.17. The van der Waals surface area contributed by atoms with E-state index in [-0.39, 0.29) is 42.4 Å². The quantitative estimate of drug-likeness (QED) is 0.494. The van der Waals surface area contributed by atoms with Gasteiger partial charge in [0.05, 0.1) is 6.61 Å². The van der Waals surface area contributed by atoms with Crippen molar-refractivity contribution in [3.63, 3.8) is 0 Å². The number of hydrogen-bond acceptors (Lipinski definition) is 3. The van der Waals surface area contributed by atoms with Crippen LogP contribution in [0.25, 0.3) is 0 Å². The van der Waals surface area contributed by atoms with Crippen molar-refractivity contribution in [2.24, 2.45) is 0 Å². The van der Waals surface area contributed by atoms with Gasteiger partial charge in [0.25, 0.3) is 0 Å². The van der Waals surface area contributed by atoms with E-state index in [1.807, 2.05) is 0 Å². The van der Waals surface area contributed by atoms with Gasteiger partial charge in [-0.05, 0) is 25.8 Å². The fourth-order valence-corrected chi connectivity index (χ4v) is 4.33. The monoisotopic (exact) mass is 433 g/mol. The lowest BCUT2D eigenvalue weighted by Crippen LogP contribution is -2.41. The second-order valence-electron chi connectivity index (χ2n) is 7.41. The van der Waals surface area contributed by atoms with E-state index in [0.29, 0.717) is 29.2 Å². The maximum atomic E-state index is 14.5. The Morgan fingerprint density at radius 3 is 2.39 bits per heavy atom. The second-order valence-corrected chi connectivity index (χ2v) is 7.41. The third kappa shape index (κ3) is 3.49. The van der Waals surface area contributed by atoms with Crippen molar-refractivity contribution in [1.29, 1.82) is 0 Å². The van der Waals surface area contributed by atoms with Gasteiger partial charge in [-0.3, -0.25) is 14.5 Å². The van der Waals surface area contributed by atoms with Gasteiger partial charge in [-0.25, -0.2) is 17.6 Å². The summed E-state index contributed by atoms with van der Waals surface area (Å²) in [6.07, 6.45) is 0.418. The van der Waals surface area contributed by atoms with Gasteiger partial charge in [-0.1, -0.05) is 18.2 Å². The number of carbonyl (C=O) groups is 2. The summed E-state index contributed by atoms with van der Waals surface area (Å²) in [4.78, 5) is 26.6. The topological polar surface area (TPSA) is 46.6 Å². The lowest BCUT2D eigenvalue weighted by Gasteiger charge is -2.38. The largest absolute Gasteiger partial charge is 0.494 e. The molecule has 0 spiro atoms. The number of para-hydroxylation sites is 1. The summed E-state index contributed by atoms with van der Waals surface area (Å²) in [5.74, 6) is -7.80. The number of anilines is 1. The highest BCUT2D eigenvalue weighted by Crippen LogP contribution is 2.46. The normalized spacial score (nSPS) is 19.0. The van der Waals surface area contributed by atoms with Crippen molar-refractivity contribution in [1.82, 2.24) is 0 Å². The van der Waals surface area contributed by atoms with E-state index in [9.17, 15) is 27.2 Å². The van der Waals surface area contributed by atoms with Gasteiger partial charge in [0, 0.05) is 41.7 Å². The maximum absolute atomic E-state index is 14.5. The Morgan fingerprint density at radius 2 is 1.71 bits per heavy atom. The third-order valence-electron chi connectivity index (χ3n) is 5.58. The summed E-state index contributed by atoms with van der Waals surface area (Å²) in [6.45, 7) is 2.16. The molecule has 0 bridgehead atoms. The molecule has 4 nitrogen and oxygen atoms in total. The van der Waals surface area contributed by atoms with Crippen LogP contribution in [0.3, 0.4) is 0 Å². The number of Topliss-reactive ketones (excluding diaryl/α,β-unsaturated/α-hetero) is 1. The number of ketones is 1. The lowest BCUT2D eigenvalue weighted by molar-refractivity contribution is -0.120. The lowest BCUT2D eigenvalue weighted by atomic mass is 9.77. The molecule has 162 valence electrons. The van der Waals surface area contributed by atoms with E-state index in [1.54, 1.807) is 31.2 Å². The Balaban J connectivity index is 1.94. The molecule has 0 radical (unpaired) electrons. The van der Waals surface area contributed by atoms with Crippen molar-refractivity contribution < 1.29 is 31.9 Å². The molecule has 8 heteroatoms. The number of hydrogen-bond donors (Lipinski definition) is 0. The summed E-state index contributed by atoms with van der Waals surface area (Å²) in [5.41, 5.74) is -0.221. The fraction of sp³-hybridized carbons (Fsp3) is 0.304. The Hall–Kier alpha value is -3.16. The zero-order chi connectivity index (χ0) is 22.3. The van der Waals surface area contributed by atoms with Gasteiger partial charge in [-0.15, -0.1) is 0 Å². The van der Waals surface area contributed by atoms with Gasteiger partial charge in [0.1, 0.15) is 11.4 Å². The predicted molar refractivity (Wildman–Crippen MR) is 105 cm³/mol. The molecule has 0 fully saturated rings. The Labute approximate surface area is 176 Å². The molecule has 0 saturated carbocycles. The number of ether oxygens (including phenoxy) is 1. The van der Waals surface area contributed by atoms with Crippen molar-refractivity contribution >= 4 is 17.4 Å². The first-order valence-corrected chi connectivity index (χ1v) is 9.99. The van der Waals surface area contributed by atoms with Gasteiger partial charge in [0.2, 0.25) is 5.91 Å². The van der Waals surface area contributed by atoms with Crippen LogP contribution in [-0.4, -0.2) is 18.3 Å². The molecule has 2 aromatic rings. The minimum atomic E-state index is -1.68. The maximum Gasteiger partial charge on any atom is 0.232 e. The molecule has 0 saturated heterocycles. The van der Waals surface area contributed by atoms with Crippen molar-refractivity contribution in [2.75, 3.05) is 11.5 Å². The molecule has 2 aromatic carbocycles. The van der Waals surface area contributed by atoms with Gasteiger partial charge < -0.3 is 4.74 Å². The molecule has 0 aromatic heterocycles. The number of allylic oxidation sites excluding steroid dienone is 2. The number of nitrogens with zero attached hydrogens (tertiary/aromatic N) is 1. The molecule has 31 heavy (non-hydrogen) atoms. The van der Waals surface area contributed by atoms with Crippen LogP contribution in [-0.2, 0) is 9.59 Å². The number of amides is 1. The van der Waals surface area contributed by atoms with Gasteiger partial charge in [-0.2, -0.15) is 0 Å². The van der Waals surface area contributed by atoms with Crippen LogP contribution in [0.4, 0.5) is 23.2 Å². The van der Waals surface area contributed by atoms with Crippen LogP contribution in [0.2, 0.25) is 0 Å². The SMILES string of the molecule is CCOc1ccccc1C1CC(=O)N(c2c(F)c(F)cc(F)c2F)C2=C1C(=O)CCC2. The number of rotatable bonds is 4. The van der Waals surface area contributed by atoms with Crippen LogP contribution in [0, 0.1) is 23.3 Å². The highest BCUT2D eigenvalue weighted by Gasteiger charge is 2.43. The van der Waals surface area contributed by atoms with E-state index in [1.165, 1.54) is 0 Å². The average molecular weight is 433 g/mol. The van der Waals surface area contributed by atoms with Crippen molar-refractivity contribution in [2.45, 2.75) is 38.5 Å². The van der Waals surface area contributed by atoms with E-state index >= 15 is 0 Å². The molecule has 1 atom stereocenters. The van der Waals surface area contributed by atoms with Crippen molar-refractivity contribution in [3.8, 4) is 5.75 Å². The van der Waals surface area contributed by atoms with E-state index < -0.39 is 40.8 Å². The standard InChI is InChI=1S/C23H19F4NO3/c1-2-31-18-9-4-3-6-12(18)13-10-19(30)28(16-7-5-8-17(29)20(13)16)23-21(26)14(24)11-15(25)22(23)27/h3-4,6,9,11,13H,2,5,7-8,10H2,1H3. The van der Waals surface area contributed by atoms with Crippen LogP contribution < -0.4 is 9.64 Å². The summed E-state index contributed by atoms with van der Waals surface area (Å²) < 4.78 is 62.4. The molecule has 0 N–H and O–H groups in total. The minimum Gasteiger partial charge on any atom is -0.494 e. The van der Waals surface area contributed by atoms with Gasteiger partial charge >= 0.3 is 0 Å². The smallest absolute Gasteiger partial charge is 0.232 e. The van der Waals surface area contributed by atoms with E-state index in [0.717, 1.165) is 0 Å². The highest BCUT2D eigenvalue weighted by molar-refractivity contribution is 6.07. The van der Waals surface area contributed by atoms with Crippen LogP contribution in [0.15, 0.2) is 41.6 Å². The summed E-state index contributed by atoms with van der Waals surface area (Å²) >= 11 is 0. The van der Waals surface area contributed by atoms with Crippen LogP contribution >= 0.6 is 0 Å². The molecule has 1 aliphatic carbocycles. The third-order valence-corrected chi connectivity index (χ3v) is 5.58. The predicted octanol–water partition coefficient (Wildman–Crippen LogP) is 5.17. The number of benzene rings is 2. The van der Waals surface area contributed by atoms with Crippen molar-refractivity contribution in [3.05, 3.63) is 70.4 Å². The van der Waals surface area contributed by atoms with E-state index in [4.69, 9.17) is 4.74 Å². The average Bonchev–Trinajstić information content (AvgIpc) is 2.74. The van der Waals surface area contributed by atoms with E-state index in [2.05, 4.69) is 0 Å². The molecule has 1 amide bonds. The first-order chi connectivity index (χ1) is 14.8. The number of halogens is 4. The first kappa shape index (κ1) is 21.1. The first-order valence-electron chi connectivity index (χ1n) is 9.99. The molecule has 4 rings (SSSR count). The molecule has 1 heterocycles. The molecular formula is C23H19F4NO3. The Morgan fingerprint density at radius 1 is 1.03 bits per heavy atom. The molecule has 1 aliphatic heterocycles. The highest BCUT2D eigenvalue weighted by atomic mass is 19.2. The van der Waals surface area contributed by atoms with Crippen LogP contribution in [0.5, 0.6) is 5.75 Å². The zero-order valence-corrected chi connectivity index (χ0v) is 16.7. The number of carbonyl (C=O) groups excluding carboxylic acids is 2. The molecule has 1 unspecified atom stereocenters. The molecular weight excluding hydrogens is 414 g/mol. The van der Waals surface area contributed by atoms with Gasteiger partial charge in [0.15, 0.2) is 29.1 Å². The summed E-state index contributed by atoms with van der Waals surface area (Å²) in [6, 6.07) is 7.02. The molecule has 2 aliphatic rings. The summed E-state index contributed by atoms with van der Waals surface area (Å²) in [5, 5.41) is 0. The summed E-state index contributed by atoms with van der Waals surface area (Å²) in [7, 11) is 0. The Kier molecular flexibility index (Phi) is 5.56. The zero-order valence-electron chi connectivity index (χ0n) is 16.7. The fourth-order valence-electron chi connectivity index (χ4n) is 4.33. The van der Waals surface area contributed by atoms with Crippen LogP contribution in [0.1, 0.15) is 44.1 Å². The Bertz CT molecular complexity index is 1090.